The zero-order chi connectivity index (χ0) is 9.72. The first-order valence-electron chi connectivity index (χ1n) is 6.76. The molecule has 10 rings (SSSR count). The normalized spacial score (nSPS) is 132. The van der Waals surface area contributed by atoms with Crippen LogP contribution in [0.1, 0.15) is 6.92 Å². The van der Waals surface area contributed by atoms with Crippen molar-refractivity contribution < 1.29 is 6.51 Å². The van der Waals surface area contributed by atoms with Gasteiger partial charge in [0.25, 0.3) is 0 Å². The molecular weight excluding hydrogens is 243 g/mol. The standard InChI is InChI=1S/C6H7.C5H5.C2H7P.Fe/c1-6-4-2-3-5-6;1-2-4-5-3-1;1-3-2;/h2-5H,1H3;1-5H;3H,1-2H3;. The molecule has 0 N–H and O–H groups in total. The quantitative estimate of drug-likeness (QED) is 0.439. The molecule has 4 unspecified atom stereocenters. The minimum atomic E-state index is -2.45. The van der Waals surface area contributed by atoms with Crippen LogP contribution in [0.3, 0.4) is 0 Å². The predicted octanol–water partition coefficient (Wildman–Crippen LogP) is 4.69. The molecule has 0 amide bonds. The van der Waals surface area contributed by atoms with E-state index < -0.39 is 6.51 Å². The molecular formula is C13H19FeP. The van der Waals surface area contributed by atoms with Crippen molar-refractivity contribution in [3.63, 3.8) is 0 Å². The molecule has 0 nitrogen and oxygen atoms in total. The van der Waals surface area contributed by atoms with Crippen molar-refractivity contribution in [1.82, 2.24) is 0 Å². The Morgan fingerprint density at radius 3 is 1.13 bits per heavy atom. The Morgan fingerprint density at radius 2 is 1.13 bits per heavy atom. The van der Waals surface area contributed by atoms with Gasteiger partial charge >= 0.3 is 61.1 Å². The number of fused-ring (bicyclic) bond motifs is 10. The van der Waals surface area contributed by atoms with Crippen LogP contribution in [0.25, 0.3) is 0 Å². The van der Waals surface area contributed by atoms with E-state index in [4.69, 9.17) is 0 Å². The Bertz CT molecular complexity index is 771. The average Bonchev–Trinajstić information content (AvgIpc) is 3.13. The molecule has 0 aromatic rings. The summed E-state index contributed by atoms with van der Waals surface area (Å²) in [6.45, 7) is 4.67. The van der Waals surface area contributed by atoms with Crippen LogP contribution in [0.4, 0.5) is 0 Å². The topological polar surface area (TPSA) is 0 Å². The van der Waals surface area contributed by atoms with E-state index in [-0.39, 0.29) is 0 Å². The van der Waals surface area contributed by atoms with Crippen molar-refractivity contribution in [2.24, 2.45) is 0 Å². The molecule has 0 bridgehead atoms. The van der Waals surface area contributed by atoms with Crippen LogP contribution in [-0.2, 0) is 6.51 Å². The van der Waals surface area contributed by atoms with Gasteiger partial charge in [-0.3, -0.25) is 0 Å². The van der Waals surface area contributed by atoms with Crippen LogP contribution in [0.5, 0.6) is 0 Å². The van der Waals surface area contributed by atoms with Crippen molar-refractivity contribution in [1.29, 1.82) is 0 Å². The number of hydrogen-bond donors (Lipinski definition) is 0. The van der Waals surface area contributed by atoms with Crippen molar-refractivity contribution in [2.45, 2.75) is 54.6 Å². The molecule has 10 fully saturated rings. The third kappa shape index (κ3) is 0.0548. The van der Waals surface area contributed by atoms with Crippen molar-refractivity contribution >= 4 is 8.58 Å². The van der Waals surface area contributed by atoms with Crippen LogP contribution in [0.2, 0.25) is 47.7 Å². The molecule has 0 aromatic carbocycles. The van der Waals surface area contributed by atoms with E-state index in [0.717, 1.165) is 8.58 Å². The van der Waals surface area contributed by atoms with Crippen molar-refractivity contribution in [3.05, 3.63) is 0 Å². The van der Waals surface area contributed by atoms with E-state index in [0.29, 0.717) is 0 Å². The van der Waals surface area contributed by atoms with E-state index in [1.54, 1.807) is 33.7 Å². The molecule has 10 saturated heterocycles. The molecule has 10 aliphatic rings. The molecule has 0 aliphatic carbocycles. The Balaban J connectivity index is 0.000000165. The number of rotatable bonds is 0. The van der Waals surface area contributed by atoms with Crippen LogP contribution >= 0.6 is 8.58 Å². The molecule has 1 spiro atoms. The van der Waals surface area contributed by atoms with Gasteiger partial charge in [-0.1, -0.05) is 0 Å². The van der Waals surface area contributed by atoms with Gasteiger partial charge in [0.2, 0.25) is 0 Å². The summed E-state index contributed by atoms with van der Waals surface area (Å²) in [5, 5.41) is 0. The predicted molar refractivity (Wildman–Crippen MR) is 62.3 cm³/mol. The Labute approximate surface area is 83.0 Å². The van der Waals surface area contributed by atoms with Crippen LogP contribution in [0.15, 0.2) is 0 Å². The van der Waals surface area contributed by atoms with Gasteiger partial charge in [-0.25, -0.2) is 0 Å². The van der Waals surface area contributed by atoms with Gasteiger partial charge in [0.15, 0.2) is 0 Å². The SMILES string of the molecule is CPC.C[C]12[CH]3[CH]4[CH]5[CH]1[Fe]45321678[CH]2[CH]1[CH]6[CH]7[CH]28. The van der Waals surface area contributed by atoms with Crippen molar-refractivity contribution in [3.8, 4) is 0 Å². The fraction of sp³-hybridized carbons (Fsp3) is 1.00. The molecule has 2 heteroatoms. The monoisotopic (exact) mass is 262 g/mol. The first-order chi connectivity index (χ1) is 6.96. The van der Waals surface area contributed by atoms with Gasteiger partial charge in [-0.05, 0) is 13.3 Å². The van der Waals surface area contributed by atoms with Gasteiger partial charge in [0.1, 0.15) is 0 Å². The molecule has 10 heterocycles. The second-order valence-corrected chi connectivity index (χ2v) is 35.4. The maximum absolute atomic E-state index is 2.82. The average molecular weight is 262 g/mol. The molecule has 84 valence electrons. The summed E-state index contributed by atoms with van der Waals surface area (Å²) in [7, 11) is 1.08. The first-order valence-corrected chi connectivity index (χ1v) is 15.0. The molecule has 0 radical (unpaired) electrons. The van der Waals surface area contributed by atoms with Crippen LogP contribution < -0.4 is 0 Å². The summed E-state index contributed by atoms with van der Waals surface area (Å²) in [6.07, 6.45) is 0. The summed E-state index contributed by atoms with van der Waals surface area (Å²) in [6, 6.07) is 0. The van der Waals surface area contributed by atoms with E-state index in [1.807, 2.05) is 0 Å². The summed E-state index contributed by atoms with van der Waals surface area (Å²) >= 11 is 0. The van der Waals surface area contributed by atoms with E-state index in [2.05, 4.69) is 20.3 Å². The second-order valence-electron chi connectivity index (χ2n) is 10.6. The zero-order valence-electron chi connectivity index (χ0n) is 9.55. The summed E-state index contributed by atoms with van der Waals surface area (Å²) in [5.41, 5.74) is 0. The summed E-state index contributed by atoms with van der Waals surface area (Å²) in [4.78, 5) is 14.0. The van der Waals surface area contributed by atoms with Gasteiger partial charge in [-0.2, -0.15) is 0 Å². The van der Waals surface area contributed by atoms with Gasteiger partial charge in [-0.15, -0.1) is 8.58 Å². The molecule has 4 atom stereocenters. The van der Waals surface area contributed by atoms with E-state index in [9.17, 15) is 0 Å². The Hall–Kier alpha value is 0.949. The maximum atomic E-state index is 2.82. The summed E-state index contributed by atoms with van der Waals surface area (Å²) < 4.78 is 1.19. The third-order valence-electron chi connectivity index (χ3n) is 15.4. The molecule has 15 heavy (non-hydrogen) atoms. The number of hydrogen-bond acceptors (Lipinski definition) is 0. The van der Waals surface area contributed by atoms with Crippen LogP contribution in [0, 0.1) is 0 Å². The Kier molecular flexibility index (Phi) is 0.189. The van der Waals surface area contributed by atoms with E-state index >= 15 is 0 Å². The Morgan fingerprint density at radius 1 is 0.800 bits per heavy atom. The van der Waals surface area contributed by atoms with E-state index in [1.165, 1.54) is 13.9 Å². The van der Waals surface area contributed by atoms with Crippen molar-refractivity contribution in [2.75, 3.05) is 13.3 Å². The minimum absolute atomic E-state index is 1.08. The van der Waals surface area contributed by atoms with Crippen LogP contribution in [-0.4, -0.2) is 13.3 Å². The molecule has 0 aromatic heterocycles. The van der Waals surface area contributed by atoms with Gasteiger partial charge in [0, 0.05) is 0 Å². The van der Waals surface area contributed by atoms with Gasteiger partial charge in [0.05, 0.1) is 0 Å². The fourth-order valence-electron chi connectivity index (χ4n) is 17.3. The zero-order valence-corrected chi connectivity index (χ0v) is 11.7. The second kappa shape index (κ2) is 0.455. The fourth-order valence-corrected chi connectivity index (χ4v) is 92.6. The molecule has 0 saturated carbocycles. The summed E-state index contributed by atoms with van der Waals surface area (Å²) in [5.74, 6) is 0. The van der Waals surface area contributed by atoms with Gasteiger partial charge < -0.3 is 0 Å². The first kappa shape index (κ1) is 6.21. The third-order valence-corrected chi connectivity index (χ3v) is 59.2. The molecule has 10 aliphatic heterocycles.